The zero-order valence-electron chi connectivity index (χ0n) is 11.1. The van der Waals surface area contributed by atoms with Crippen molar-refractivity contribution in [1.82, 2.24) is 9.88 Å². The van der Waals surface area contributed by atoms with Gasteiger partial charge in [0.15, 0.2) is 0 Å². The van der Waals surface area contributed by atoms with E-state index >= 15 is 0 Å². The number of aromatic nitrogens is 1. The van der Waals surface area contributed by atoms with E-state index in [1.165, 1.54) is 24.9 Å². The summed E-state index contributed by atoms with van der Waals surface area (Å²) in [4.78, 5) is 6.75. The number of hydrogen-bond donors (Lipinski definition) is 0. The summed E-state index contributed by atoms with van der Waals surface area (Å²) in [5.74, 6) is 0.910. The summed E-state index contributed by atoms with van der Waals surface area (Å²) < 4.78 is 5.85. The topological polar surface area (TPSA) is 25.4 Å². The highest BCUT2D eigenvalue weighted by molar-refractivity contribution is 5.28. The Hall–Kier alpha value is -1.09. The molecule has 94 valence electrons. The second-order valence-corrected chi connectivity index (χ2v) is 4.86. The minimum absolute atomic E-state index is 0.571. The first-order chi connectivity index (χ1) is 8.20. The molecule has 1 atom stereocenters. The van der Waals surface area contributed by atoms with Gasteiger partial charge >= 0.3 is 0 Å². The van der Waals surface area contributed by atoms with E-state index in [9.17, 15) is 0 Å². The Bertz CT molecular complexity index is 378. The van der Waals surface area contributed by atoms with Crippen molar-refractivity contribution in [3.05, 3.63) is 23.5 Å². The fourth-order valence-corrected chi connectivity index (χ4v) is 2.38. The highest BCUT2D eigenvalue weighted by atomic mass is 16.5. The first kappa shape index (κ1) is 12.4. The fraction of sp³-hybridized carbons (Fsp3) is 0.643. The van der Waals surface area contributed by atoms with Crippen molar-refractivity contribution >= 4 is 0 Å². The van der Waals surface area contributed by atoms with Crippen LogP contribution in [0.1, 0.15) is 31.0 Å². The highest BCUT2D eigenvalue weighted by Gasteiger charge is 2.21. The number of pyridine rings is 1. The third kappa shape index (κ3) is 2.97. The maximum Gasteiger partial charge on any atom is 0.137 e. The van der Waals surface area contributed by atoms with Gasteiger partial charge < -0.3 is 9.64 Å². The summed E-state index contributed by atoms with van der Waals surface area (Å²) in [6, 6.07) is 2.69. The number of rotatable bonds is 4. The maximum atomic E-state index is 5.85. The first-order valence-corrected chi connectivity index (χ1v) is 6.49. The highest BCUT2D eigenvalue weighted by Crippen LogP contribution is 2.19. The molecule has 0 spiro atoms. The summed E-state index contributed by atoms with van der Waals surface area (Å²) in [5.41, 5.74) is 2.39. The van der Waals surface area contributed by atoms with Crippen LogP contribution in [0.15, 0.2) is 12.3 Å². The van der Waals surface area contributed by atoms with Gasteiger partial charge in [-0.05, 0) is 51.4 Å². The molecule has 0 bridgehead atoms. The zero-order valence-corrected chi connectivity index (χ0v) is 11.1. The zero-order chi connectivity index (χ0) is 12.3. The standard InChI is InChI=1S/C14H22N2O/c1-4-12-8-14(9-15-11(12)2)17-10-13-6-5-7-16(13)3/h8-9,13H,4-7,10H2,1-3H3/t13-/m0/s1. The minimum atomic E-state index is 0.571. The summed E-state index contributed by atoms with van der Waals surface area (Å²) >= 11 is 0. The maximum absolute atomic E-state index is 5.85. The van der Waals surface area contributed by atoms with Crippen LogP contribution in [0.4, 0.5) is 0 Å². The van der Waals surface area contributed by atoms with Gasteiger partial charge in [0.2, 0.25) is 0 Å². The van der Waals surface area contributed by atoms with Crippen molar-refractivity contribution in [3.8, 4) is 5.75 Å². The van der Waals surface area contributed by atoms with Gasteiger partial charge in [0.05, 0.1) is 6.20 Å². The van der Waals surface area contributed by atoms with Crippen LogP contribution < -0.4 is 4.74 Å². The van der Waals surface area contributed by atoms with Gasteiger partial charge in [-0.15, -0.1) is 0 Å². The minimum Gasteiger partial charge on any atom is -0.490 e. The fourth-order valence-electron chi connectivity index (χ4n) is 2.38. The molecule has 2 heterocycles. The lowest BCUT2D eigenvalue weighted by atomic mass is 10.1. The lowest BCUT2D eigenvalue weighted by Gasteiger charge is -2.19. The smallest absolute Gasteiger partial charge is 0.137 e. The van der Waals surface area contributed by atoms with Crippen molar-refractivity contribution < 1.29 is 4.74 Å². The molecular weight excluding hydrogens is 212 g/mol. The van der Waals surface area contributed by atoms with Gasteiger partial charge in [0.1, 0.15) is 12.4 Å². The van der Waals surface area contributed by atoms with Gasteiger partial charge in [-0.25, -0.2) is 0 Å². The number of aryl methyl sites for hydroxylation is 2. The van der Waals surface area contributed by atoms with E-state index in [1.54, 1.807) is 0 Å². The molecule has 1 aromatic rings. The molecular formula is C14H22N2O. The Balaban J connectivity index is 1.94. The molecule has 0 N–H and O–H groups in total. The summed E-state index contributed by atoms with van der Waals surface area (Å²) in [5, 5.41) is 0. The molecule has 0 radical (unpaired) electrons. The quantitative estimate of drug-likeness (QED) is 0.800. The van der Waals surface area contributed by atoms with Gasteiger partial charge in [-0.2, -0.15) is 0 Å². The Morgan fingerprint density at radius 1 is 1.53 bits per heavy atom. The Morgan fingerprint density at radius 3 is 3.00 bits per heavy atom. The number of likely N-dealkylation sites (N-methyl/N-ethyl adjacent to an activating group) is 1. The van der Waals surface area contributed by atoms with Crippen LogP contribution in [0, 0.1) is 6.92 Å². The van der Waals surface area contributed by atoms with E-state index in [0.717, 1.165) is 24.5 Å². The van der Waals surface area contributed by atoms with Crippen molar-refractivity contribution in [2.24, 2.45) is 0 Å². The Kier molecular flexibility index (Phi) is 4.00. The number of nitrogens with zero attached hydrogens (tertiary/aromatic N) is 2. The van der Waals surface area contributed by atoms with E-state index in [4.69, 9.17) is 4.74 Å². The van der Waals surface area contributed by atoms with Crippen molar-refractivity contribution in [2.45, 2.75) is 39.2 Å². The van der Waals surface area contributed by atoms with E-state index in [2.05, 4.69) is 29.9 Å². The van der Waals surface area contributed by atoms with E-state index in [1.807, 2.05) is 13.1 Å². The van der Waals surface area contributed by atoms with Crippen molar-refractivity contribution in [2.75, 3.05) is 20.2 Å². The molecule has 0 saturated carbocycles. The van der Waals surface area contributed by atoms with Crippen molar-refractivity contribution in [1.29, 1.82) is 0 Å². The van der Waals surface area contributed by atoms with Gasteiger partial charge in [-0.1, -0.05) is 6.92 Å². The molecule has 1 aliphatic heterocycles. The third-order valence-corrected chi connectivity index (χ3v) is 3.66. The van der Waals surface area contributed by atoms with Crippen LogP contribution in [0.5, 0.6) is 5.75 Å². The van der Waals surface area contributed by atoms with E-state index in [0.29, 0.717) is 6.04 Å². The van der Waals surface area contributed by atoms with Crippen LogP contribution in [-0.4, -0.2) is 36.1 Å². The molecule has 1 aromatic heterocycles. The van der Waals surface area contributed by atoms with Gasteiger partial charge in [-0.3, -0.25) is 4.98 Å². The molecule has 3 heteroatoms. The van der Waals surface area contributed by atoms with Crippen LogP contribution >= 0.6 is 0 Å². The summed E-state index contributed by atoms with van der Waals surface area (Å²) in [7, 11) is 2.17. The largest absolute Gasteiger partial charge is 0.490 e. The molecule has 2 rings (SSSR count). The summed E-state index contributed by atoms with van der Waals surface area (Å²) in [6.45, 7) is 6.18. The van der Waals surface area contributed by atoms with Crippen LogP contribution in [0.2, 0.25) is 0 Å². The summed E-state index contributed by atoms with van der Waals surface area (Å²) in [6.07, 6.45) is 5.39. The molecule has 17 heavy (non-hydrogen) atoms. The van der Waals surface area contributed by atoms with Crippen molar-refractivity contribution in [3.63, 3.8) is 0 Å². The molecule has 0 aliphatic carbocycles. The third-order valence-electron chi connectivity index (χ3n) is 3.66. The molecule has 1 fully saturated rings. The van der Waals surface area contributed by atoms with Crippen LogP contribution in [0.25, 0.3) is 0 Å². The predicted molar refractivity (Wildman–Crippen MR) is 69.5 cm³/mol. The average molecular weight is 234 g/mol. The molecule has 1 aliphatic rings. The van der Waals surface area contributed by atoms with Gasteiger partial charge in [0, 0.05) is 11.7 Å². The second-order valence-electron chi connectivity index (χ2n) is 4.86. The SMILES string of the molecule is CCc1cc(OC[C@@H]2CCCN2C)cnc1C. The number of ether oxygens (including phenoxy) is 1. The normalized spacial score (nSPS) is 20.8. The van der Waals surface area contributed by atoms with Crippen LogP contribution in [0.3, 0.4) is 0 Å². The van der Waals surface area contributed by atoms with E-state index in [-0.39, 0.29) is 0 Å². The lowest BCUT2D eigenvalue weighted by Crippen LogP contribution is -2.30. The monoisotopic (exact) mass is 234 g/mol. The number of likely N-dealkylation sites (tertiary alicyclic amines) is 1. The van der Waals surface area contributed by atoms with Crippen LogP contribution in [-0.2, 0) is 6.42 Å². The van der Waals surface area contributed by atoms with Gasteiger partial charge in [0.25, 0.3) is 0 Å². The molecule has 1 saturated heterocycles. The average Bonchev–Trinajstić information content (AvgIpc) is 2.74. The second kappa shape index (κ2) is 5.50. The van der Waals surface area contributed by atoms with E-state index < -0.39 is 0 Å². The molecule has 0 aromatic carbocycles. The first-order valence-electron chi connectivity index (χ1n) is 6.49. The number of hydrogen-bond acceptors (Lipinski definition) is 3. The lowest BCUT2D eigenvalue weighted by molar-refractivity contribution is 0.197. The predicted octanol–water partition coefficient (Wildman–Crippen LogP) is 2.43. The molecule has 0 amide bonds. The molecule has 0 unspecified atom stereocenters. The Morgan fingerprint density at radius 2 is 2.35 bits per heavy atom. The Labute approximate surface area is 104 Å². The molecule has 3 nitrogen and oxygen atoms in total.